The fourth-order valence-electron chi connectivity index (χ4n) is 0.981. The zero-order valence-corrected chi connectivity index (χ0v) is 10.9. The van der Waals surface area contributed by atoms with Crippen LogP contribution in [0, 0.1) is 15.5 Å². The van der Waals surface area contributed by atoms with Gasteiger partial charge in [0.05, 0.1) is 11.5 Å². The van der Waals surface area contributed by atoms with Crippen LogP contribution in [-0.2, 0) is 0 Å². The number of non-ortho nitro benzene ring substituents is 1. The number of nitrogens with zero attached hydrogens (tertiary/aromatic N) is 1. The maximum atomic E-state index is 10.4. The first kappa shape index (κ1) is 13.0. The van der Waals surface area contributed by atoms with E-state index in [4.69, 9.17) is 4.74 Å². The van der Waals surface area contributed by atoms with Crippen LogP contribution < -0.4 is 4.74 Å². The van der Waals surface area contributed by atoms with Crippen molar-refractivity contribution < 1.29 is 9.66 Å². The standard InChI is InChI=1S/C11H14BrNO3/c1-11(2,7-12)8-16-10-5-3-9(4-6-10)13(14)15/h3-6H,7-8H2,1-2H3. The van der Waals surface area contributed by atoms with E-state index in [1.165, 1.54) is 12.1 Å². The van der Waals surface area contributed by atoms with E-state index >= 15 is 0 Å². The van der Waals surface area contributed by atoms with E-state index in [1.54, 1.807) is 12.1 Å². The fraction of sp³-hybridized carbons (Fsp3) is 0.455. The number of nitro groups is 1. The Kier molecular flexibility index (Phi) is 4.29. The van der Waals surface area contributed by atoms with Gasteiger partial charge in [0.15, 0.2) is 0 Å². The van der Waals surface area contributed by atoms with Gasteiger partial charge in [-0.3, -0.25) is 10.1 Å². The molecule has 0 fully saturated rings. The quantitative estimate of drug-likeness (QED) is 0.474. The number of alkyl halides is 1. The molecule has 0 aromatic heterocycles. The molecule has 1 rings (SSSR count). The van der Waals surface area contributed by atoms with Gasteiger partial charge in [-0.1, -0.05) is 29.8 Å². The summed E-state index contributed by atoms with van der Waals surface area (Å²) in [6, 6.07) is 6.11. The molecule has 0 N–H and O–H groups in total. The Morgan fingerprint density at radius 1 is 1.38 bits per heavy atom. The van der Waals surface area contributed by atoms with Crippen molar-refractivity contribution in [1.82, 2.24) is 0 Å². The van der Waals surface area contributed by atoms with Crippen molar-refractivity contribution in [1.29, 1.82) is 0 Å². The van der Waals surface area contributed by atoms with Crippen LogP contribution in [0.5, 0.6) is 5.75 Å². The summed E-state index contributed by atoms with van der Waals surface area (Å²) < 4.78 is 5.54. The Morgan fingerprint density at radius 3 is 2.38 bits per heavy atom. The Morgan fingerprint density at radius 2 is 1.94 bits per heavy atom. The molecule has 0 aliphatic rings. The minimum absolute atomic E-state index is 0.0434. The van der Waals surface area contributed by atoms with Crippen molar-refractivity contribution in [2.24, 2.45) is 5.41 Å². The highest BCUT2D eigenvalue weighted by Gasteiger charge is 2.17. The lowest BCUT2D eigenvalue weighted by molar-refractivity contribution is -0.384. The van der Waals surface area contributed by atoms with Gasteiger partial charge in [0, 0.05) is 22.9 Å². The third-order valence-corrected chi connectivity index (χ3v) is 3.56. The molecule has 0 saturated carbocycles. The van der Waals surface area contributed by atoms with Crippen LogP contribution in [-0.4, -0.2) is 16.9 Å². The molecule has 0 heterocycles. The number of halogens is 1. The molecule has 88 valence electrons. The second kappa shape index (κ2) is 5.30. The minimum Gasteiger partial charge on any atom is -0.493 e. The molecular formula is C11H14BrNO3. The molecule has 0 aliphatic carbocycles. The molecule has 0 spiro atoms. The molecule has 0 aliphatic heterocycles. The SMILES string of the molecule is CC(C)(CBr)COc1ccc([N+](=O)[O-])cc1. The summed E-state index contributed by atoms with van der Waals surface area (Å²) in [5, 5.41) is 11.3. The highest BCUT2D eigenvalue weighted by molar-refractivity contribution is 9.09. The maximum absolute atomic E-state index is 10.4. The molecule has 0 radical (unpaired) electrons. The topological polar surface area (TPSA) is 52.4 Å². The predicted molar refractivity (Wildman–Crippen MR) is 66.2 cm³/mol. The average molecular weight is 288 g/mol. The average Bonchev–Trinajstić information content (AvgIpc) is 2.27. The zero-order chi connectivity index (χ0) is 12.2. The second-order valence-corrected chi connectivity index (χ2v) is 4.90. The van der Waals surface area contributed by atoms with Crippen molar-refractivity contribution in [3.8, 4) is 5.75 Å². The number of rotatable bonds is 5. The number of hydrogen-bond acceptors (Lipinski definition) is 3. The van der Waals surface area contributed by atoms with Crippen LogP contribution in [0.2, 0.25) is 0 Å². The molecule has 0 bridgehead atoms. The van der Waals surface area contributed by atoms with E-state index < -0.39 is 4.92 Å². The van der Waals surface area contributed by atoms with Crippen LogP contribution in [0.1, 0.15) is 13.8 Å². The van der Waals surface area contributed by atoms with Crippen LogP contribution >= 0.6 is 15.9 Å². The van der Waals surface area contributed by atoms with Crippen LogP contribution in [0.15, 0.2) is 24.3 Å². The van der Waals surface area contributed by atoms with Gasteiger partial charge in [0.25, 0.3) is 5.69 Å². The lowest BCUT2D eigenvalue weighted by Gasteiger charge is -2.21. The first-order chi connectivity index (χ1) is 7.44. The number of nitro benzene ring substituents is 1. The number of benzene rings is 1. The molecule has 0 amide bonds. The highest BCUT2D eigenvalue weighted by atomic mass is 79.9. The summed E-state index contributed by atoms with van der Waals surface area (Å²) in [6.45, 7) is 4.72. The summed E-state index contributed by atoms with van der Waals surface area (Å²) in [5.74, 6) is 0.652. The van der Waals surface area contributed by atoms with Crippen molar-refractivity contribution in [2.45, 2.75) is 13.8 Å². The van der Waals surface area contributed by atoms with Crippen molar-refractivity contribution >= 4 is 21.6 Å². The molecule has 1 aromatic rings. The smallest absolute Gasteiger partial charge is 0.269 e. The van der Waals surface area contributed by atoms with Gasteiger partial charge in [0.1, 0.15) is 5.75 Å². The third-order valence-electron chi connectivity index (χ3n) is 2.04. The molecule has 5 heteroatoms. The van der Waals surface area contributed by atoms with E-state index in [2.05, 4.69) is 29.8 Å². The maximum Gasteiger partial charge on any atom is 0.269 e. The summed E-state index contributed by atoms with van der Waals surface area (Å²) in [6.07, 6.45) is 0. The summed E-state index contributed by atoms with van der Waals surface area (Å²) in [4.78, 5) is 10.0. The Balaban J connectivity index is 2.59. The van der Waals surface area contributed by atoms with E-state index in [9.17, 15) is 10.1 Å². The molecule has 0 unspecified atom stereocenters. The predicted octanol–water partition coefficient (Wildman–Crippen LogP) is 3.39. The lowest BCUT2D eigenvalue weighted by Crippen LogP contribution is -2.22. The zero-order valence-electron chi connectivity index (χ0n) is 9.27. The normalized spacial score (nSPS) is 11.2. The Labute approximate surface area is 103 Å². The summed E-state index contributed by atoms with van der Waals surface area (Å²) in [5.41, 5.74) is 0.119. The Hall–Kier alpha value is -1.10. The third kappa shape index (κ3) is 3.81. The van der Waals surface area contributed by atoms with Gasteiger partial charge < -0.3 is 4.74 Å². The van der Waals surface area contributed by atoms with E-state index in [0.717, 1.165) is 5.33 Å². The molecule has 4 nitrogen and oxygen atoms in total. The van der Waals surface area contributed by atoms with Crippen molar-refractivity contribution in [3.05, 3.63) is 34.4 Å². The van der Waals surface area contributed by atoms with E-state index in [0.29, 0.717) is 12.4 Å². The first-order valence-electron chi connectivity index (χ1n) is 4.88. The lowest BCUT2D eigenvalue weighted by atomic mass is 9.98. The van der Waals surface area contributed by atoms with E-state index in [-0.39, 0.29) is 11.1 Å². The molecule has 1 aromatic carbocycles. The van der Waals surface area contributed by atoms with Crippen molar-refractivity contribution in [3.63, 3.8) is 0 Å². The number of ether oxygens (including phenoxy) is 1. The molecule has 0 saturated heterocycles. The van der Waals surface area contributed by atoms with Crippen LogP contribution in [0.4, 0.5) is 5.69 Å². The second-order valence-electron chi connectivity index (χ2n) is 4.34. The van der Waals surface area contributed by atoms with Gasteiger partial charge in [-0.25, -0.2) is 0 Å². The first-order valence-corrected chi connectivity index (χ1v) is 6.00. The monoisotopic (exact) mass is 287 g/mol. The van der Waals surface area contributed by atoms with Gasteiger partial charge >= 0.3 is 0 Å². The van der Waals surface area contributed by atoms with Crippen molar-refractivity contribution in [2.75, 3.05) is 11.9 Å². The van der Waals surface area contributed by atoms with Gasteiger partial charge in [-0.15, -0.1) is 0 Å². The Bertz CT molecular complexity index is 362. The van der Waals surface area contributed by atoms with Gasteiger partial charge in [-0.05, 0) is 12.1 Å². The van der Waals surface area contributed by atoms with Gasteiger partial charge in [0.2, 0.25) is 0 Å². The summed E-state index contributed by atoms with van der Waals surface area (Å²) >= 11 is 3.41. The molecular weight excluding hydrogens is 274 g/mol. The fourth-order valence-corrected chi connectivity index (χ4v) is 1.14. The van der Waals surface area contributed by atoms with Gasteiger partial charge in [-0.2, -0.15) is 0 Å². The minimum atomic E-state index is -0.424. The highest BCUT2D eigenvalue weighted by Crippen LogP contribution is 2.22. The number of hydrogen-bond donors (Lipinski definition) is 0. The van der Waals surface area contributed by atoms with Crippen LogP contribution in [0.3, 0.4) is 0 Å². The van der Waals surface area contributed by atoms with E-state index in [1.807, 2.05) is 0 Å². The van der Waals surface area contributed by atoms with Crippen LogP contribution in [0.25, 0.3) is 0 Å². The summed E-state index contributed by atoms with van der Waals surface area (Å²) in [7, 11) is 0. The molecule has 0 atom stereocenters. The largest absolute Gasteiger partial charge is 0.493 e. The molecule has 16 heavy (non-hydrogen) atoms.